The Labute approximate surface area is 138 Å². The third-order valence-electron chi connectivity index (χ3n) is 2.74. The summed E-state index contributed by atoms with van der Waals surface area (Å²) in [6, 6.07) is 14.9. The zero-order valence-corrected chi connectivity index (χ0v) is 13.5. The van der Waals surface area contributed by atoms with Crippen molar-refractivity contribution in [2.45, 2.75) is 4.90 Å². The van der Waals surface area contributed by atoms with Gasteiger partial charge in [0.15, 0.2) is 6.61 Å². The third-order valence-corrected chi connectivity index (χ3v) is 3.81. The van der Waals surface area contributed by atoms with Crippen molar-refractivity contribution in [1.82, 2.24) is 0 Å². The minimum atomic E-state index is -0.317. The second kappa shape index (κ2) is 8.46. The summed E-state index contributed by atoms with van der Waals surface area (Å²) < 4.78 is 0. The highest BCUT2D eigenvalue weighted by Gasteiger charge is 2.05. The molecule has 0 unspecified atom stereocenters. The molecule has 0 bridgehead atoms. The Kier molecular flexibility index (Phi) is 6.30. The molecule has 0 fully saturated rings. The first-order chi connectivity index (χ1) is 10.7. The summed E-state index contributed by atoms with van der Waals surface area (Å²) in [5.41, 5.74) is 1.46. The fourth-order valence-corrected chi connectivity index (χ4v) is 2.22. The van der Waals surface area contributed by atoms with Crippen LogP contribution in [0.15, 0.2) is 58.6 Å². The topological polar surface area (TPSA) is 50.7 Å². The van der Waals surface area contributed by atoms with Crippen molar-refractivity contribution in [3.63, 3.8) is 0 Å². The average molecular weight is 335 g/mol. The summed E-state index contributed by atoms with van der Waals surface area (Å²) in [7, 11) is 0. The van der Waals surface area contributed by atoms with Gasteiger partial charge in [-0.2, -0.15) is 0 Å². The summed E-state index contributed by atoms with van der Waals surface area (Å²) in [6.45, 7) is -0.176. The van der Waals surface area contributed by atoms with E-state index in [1.807, 2.05) is 30.5 Å². The molecular formula is C16H15ClN2O2S. The number of halogens is 1. The SMILES string of the molecule is CSc1ccc(C=NOCC(=O)Nc2ccccc2Cl)cc1. The van der Waals surface area contributed by atoms with Gasteiger partial charge in [0, 0.05) is 4.90 Å². The van der Waals surface area contributed by atoms with Gasteiger partial charge < -0.3 is 10.2 Å². The number of hydrogen-bond donors (Lipinski definition) is 1. The van der Waals surface area contributed by atoms with Crippen LogP contribution in [0.1, 0.15) is 5.56 Å². The van der Waals surface area contributed by atoms with E-state index >= 15 is 0 Å². The molecule has 2 aromatic rings. The van der Waals surface area contributed by atoms with Gasteiger partial charge in [-0.3, -0.25) is 4.79 Å². The zero-order valence-electron chi connectivity index (χ0n) is 12.0. The molecule has 114 valence electrons. The molecule has 0 spiro atoms. The van der Waals surface area contributed by atoms with Gasteiger partial charge >= 0.3 is 0 Å². The van der Waals surface area contributed by atoms with Crippen LogP contribution in [0.2, 0.25) is 5.02 Å². The summed E-state index contributed by atoms with van der Waals surface area (Å²) in [5.74, 6) is -0.317. The Morgan fingerprint density at radius 3 is 2.68 bits per heavy atom. The molecule has 2 rings (SSSR count). The molecular weight excluding hydrogens is 320 g/mol. The van der Waals surface area contributed by atoms with E-state index in [4.69, 9.17) is 16.4 Å². The minimum absolute atomic E-state index is 0.176. The zero-order chi connectivity index (χ0) is 15.8. The van der Waals surface area contributed by atoms with Crippen molar-refractivity contribution < 1.29 is 9.63 Å². The van der Waals surface area contributed by atoms with Gasteiger partial charge in [0.05, 0.1) is 16.9 Å². The Hall–Kier alpha value is -1.98. The molecule has 0 radical (unpaired) electrons. The van der Waals surface area contributed by atoms with Crippen molar-refractivity contribution in [2.75, 3.05) is 18.2 Å². The quantitative estimate of drug-likeness (QED) is 0.492. The Bertz CT molecular complexity index is 659. The van der Waals surface area contributed by atoms with Gasteiger partial charge in [0.25, 0.3) is 5.91 Å². The van der Waals surface area contributed by atoms with Crippen LogP contribution in [0.4, 0.5) is 5.69 Å². The Morgan fingerprint density at radius 2 is 2.00 bits per heavy atom. The van der Waals surface area contributed by atoms with Crippen LogP contribution in [0.3, 0.4) is 0 Å². The van der Waals surface area contributed by atoms with Crippen molar-refractivity contribution in [3.05, 3.63) is 59.1 Å². The highest BCUT2D eigenvalue weighted by Crippen LogP contribution is 2.20. The van der Waals surface area contributed by atoms with E-state index in [-0.39, 0.29) is 12.5 Å². The lowest BCUT2D eigenvalue weighted by Crippen LogP contribution is -2.17. The van der Waals surface area contributed by atoms with Crippen LogP contribution in [-0.4, -0.2) is 25.0 Å². The maximum Gasteiger partial charge on any atom is 0.265 e. The number of para-hydroxylation sites is 1. The number of rotatable bonds is 6. The normalized spacial score (nSPS) is 10.6. The molecule has 0 aliphatic rings. The van der Waals surface area contributed by atoms with Crippen molar-refractivity contribution in [3.8, 4) is 0 Å². The van der Waals surface area contributed by atoms with Gasteiger partial charge in [-0.1, -0.05) is 41.0 Å². The number of carbonyl (C=O) groups is 1. The second-order valence-corrected chi connectivity index (χ2v) is 5.60. The average Bonchev–Trinajstić information content (AvgIpc) is 2.54. The van der Waals surface area contributed by atoms with E-state index in [0.29, 0.717) is 10.7 Å². The molecule has 1 amide bonds. The van der Waals surface area contributed by atoms with E-state index in [0.717, 1.165) is 5.56 Å². The number of thioether (sulfide) groups is 1. The van der Waals surface area contributed by atoms with Crippen molar-refractivity contribution in [1.29, 1.82) is 0 Å². The largest absolute Gasteiger partial charge is 0.386 e. The van der Waals surface area contributed by atoms with Gasteiger partial charge in [0.1, 0.15) is 0 Å². The first-order valence-corrected chi connectivity index (χ1v) is 8.13. The lowest BCUT2D eigenvalue weighted by atomic mass is 10.2. The number of benzene rings is 2. The maximum atomic E-state index is 11.7. The van der Waals surface area contributed by atoms with Crippen LogP contribution in [0.5, 0.6) is 0 Å². The Morgan fingerprint density at radius 1 is 1.27 bits per heavy atom. The number of amides is 1. The molecule has 1 N–H and O–H groups in total. The number of carbonyl (C=O) groups excluding carboxylic acids is 1. The molecule has 0 saturated carbocycles. The Balaban J connectivity index is 1.79. The minimum Gasteiger partial charge on any atom is -0.386 e. The number of nitrogens with one attached hydrogen (secondary N) is 1. The van der Waals surface area contributed by atoms with Gasteiger partial charge in [-0.15, -0.1) is 11.8 Å². The summed E-state index contributed by atoms with van der Waals surface area (Å²) in [4.78, 5) is 17.8. The third kappa shape index (κ3) is 5.09. The summed E-state index contributed by atoms with van der Waals surface area (Å²) >= 11 is 7.62. The molecule has 0 aromatic heterocycles. The first-order valence-electron chi connectivity index (χ1n) is 6.53. The van der Waals surface area contributed by atoms with Crippen LogP contribution in [0.25, 0.3) is 0 Å². The summed E-state index contributed by atoms with van der Waals surface area (Å²) in [5, 5.41) is 6.91. The van der Waals surface area contributed by atoms with Crippen LogP contribution in [-0.2, 0) is 9.63 Å². The van der Waals surface area contributed by atoms with Crippen LogP contribution >= 0.6 is 23.4 Å². The first kappa shape index (κ1) is 16.4. The molecule has 4 nitrogen and oxygen atoms in total. The monoisotopic (exact) mass is 334 g/mol. The summed E-state index contributed by atoms with van der Waals surface area (Å²) in [6.07, 6.45) is 3.58. The van der Waals surface area contributed by atoms with Crippen molar-refractivity contribution in [2.24, 2.45) is 5.16 Å². The number of hydrogen-bond acceptors (Lipinski definition) is 4. The maximum absolute atomic E-state index is 11.7. The molecule has 6 heteroatoms. The van der Waals surface area contributed by atoms with E-state index in [1.165, 1.54) is 4.90 Å². The highest BCUT2D eigenvalue weighted by atomic mass is 35.5. The van der Waals surface area contributed by atoms with Crippen LogP contribution < -0.4 is 5.32 Å². The van der Waals surface area contributed by atoms with E-state index in [2.05, 4.69) is 10.5 Å². The fraction of sp³-hybridized carbons (Fsp3) is 0.125. The molecule has 0 aliphatic heterocycles. The van der Waals surface area contributed by atoms with Gasteiger partial charge in [-0.25, -0.2) is 0 Å². The van der Waals surface area contributed by atoms with E-state index < -0.39 is 0 Å². The molecule has 22 heavy (non-hydrogen) atoms. The van der Waals surface area contributed by atoms with Gasteiger partial charge in [-0.05, 0) is 36.1 Å². The lowest BCUT2D eigenvalue weighted by molar-refractivity contribution is -0.120. The highest BCUT2D eigenvalue weighted by molar-refractivity contribution is 7.98. The molecule has 0 heterocycles. The molecule has 0 atom stereocenters. The molecule has 2 aromatic carbocycles. The number of anilines is 1. The fourth-order valence-electron chi connectivity index (χ4n) is 1.63. The predicted molar refractivity (Wildman–Crippen MR) is 91.9 cm³/mol. The standard InChI is InChI=1S/C16H15ClN2O2S/c1-22-13-8-6-12(7-9-13)10-18-21-11-16(20)19-15-5-3-2-4-14(15)17/h2-10H,11H2,1H3,(H,19,20). The number of nitrogens with zero attached hydrogens (tertiary/aromatic N) is 1. The lowest BCUT2D eigenvalue weighted by Gasteiger charge is -2.05. The van der Waals surface area contributed by atoms with Crippen LogP contribution in [0, 0.1) is 0 Å². The smallest absolute Gasteiger partial charge is 0.265 e. The van der Waals surface area contributed by atoms with Gasteiger partial charge in [0.2, 0.25) is 0 Å². The van der Waals surface area contributed by atoms with Crippen molar-refractivity contribution >= 4 is 41.2 Å². The number of oxime groups is 1. The molecule has 0 aliphatic carbocycles. The predicted octanol–water partition coefficient (Wildman–Crippen LogP) is 4.05. The molecule has 0 saturated heterocycles. The van der Waals surface area contributed by atoms with E-state index in [9.17, 15) is 4.79 Å². The van der Waals surface area contributed by atoms with E-state index in [1.54, 1.807) is 42.2 Å². The second-order valence-electron chi connectivity index (χ2n) is 4.31.